The minimum absolute atomic E-state index is 0.0927. The minimum atomic E-state index is -0.557. The summed E-state index contributed by atoms with van der Waals surface area (Å²) in [6, 6.07) is 4.97. The second kappa shape index (κ2) is 5.68. The van der Waals surface area contributed by atoms with Crippen molar-refractivity contribution in [2.24, 2.45) is 5.92 Å². The van der Waals surface area contributed by atoms with E-state index in [1.807, 2.05) is 6.92 Å². The molecule has 1 aromatic carbocycles. The third-order valence-electron chi connectivity index (χ3n) is 3.33. The van der Waals surface area contributed by atoms with Crippen LogP contribution in [-0.2, 0) is 4.79 Å². The van der Waals surface area contributed by atoms with Crippen LogP contribution in [0.4, 0.5) is 16.2 Å². The fourth-order valence-electron chi connectivity index (χ4n) is 2.13. The predicted octanol–water partition coefficient (Wildman–Crippen LogP) is 2.07. The van der Waals surface area contributed by atoms with Crippen LogP contribution < -0.4 is 10.2 Å². The van der Waals surface area contributed by atoms with Crippen molar-refractivity contribution in [2.75, 3.05) is 11.4 Å². The van der Waals surface area contributed by atoms with Gasteiger partial charge in [-0.2, -0.15) is 0 Å². The van der Waals surface area contributed by atoms with Crippen molar-refractivity contribution in [1.82, 2.24) is 5.32 Å². The Bertz CT molecular complexity index is 558. The SMILES string of the molecule is CCC1CNC(=O)N(c2cccc([N+](=O)[O-])c2)C(=O)C1. The molecule has 106 valence electrons. The van der Waals surface area contributed by atoms with Crippen LogP contribution in [0, 0.1) is 16.0 Å². The van der Waals surface area contributed by atoms with Crippen molar-refractivity contribution in [3.8, 4) is 0 Å². The lowest BCUT2D eigenvalue weighted by Crippen LogP contribution is -2.41. The van der Waals surface area contributed by atoms with Gasteiger partial charge >= 0.3 is 6.03 Å². The zero-order chi connectivity index (χ0) is 14.7. The number of imide groups is 1. The highest BCUT2D eigenvalue weighted by molar-refractivity contribution is 6.14. The molecule has 7 heteroatoms. The van der Waals surface area contributed by atoms with Gasteiger partial charge in [0, 0.05) is 25.1 Å². The average molecular weight is 277 g/mol. The third kappa shape index (κ3) is 2.76. The molecule has 0 bridgehead atoms. The van der Waals surface area contributed by atoms with Crippen LogP contribution in [-0.4, -0.2) is 23.4 Å². The Hall–Kier alpha value is -2.44. The van der Waals surface area contributed by atoms with E-state index < -0.39 is 11.0 Å². The number of urea groups is 1. The number of carbonyl (C=O) groups excluding carboxylic acids is 2. The van der Waals surface area contributed by atoms with Gasteiger partial charge in [-0.25, -0.2) is 9.69 Å². The van der Waals surface area contributed by atoms with Crippen molar-refractivity contribution in [1.29, 1.82) is 0 Å². The Morgan fingerprint density at radius 2 is 2.20 bits per heavy atom. The van der Waals surface area contributed by atoms with Crippen LogP contribution in [0.25, 0.3) is 0 Å². The fraction of sp³-hybridized carbons (Fsp3) is 0.385. The van der Waals surface area contributed by atoms with E-state index in [2.05, 4.69) is 5.32 Å². The molecule has 0 spiro atoms. The summed E-state index contributed by atoms with van der Waals surface area (Å²) in [6.45, 7) is 2.39. The molecule has 3 amide bonds. The highest BCUT2D eigenvalue weighted by Crippen LogP contribution is 2.24. The standard InChI is InChI=1S/C13H15N3O4/c1-2-9-6-12(17)15(13(18)14-8-9)10-4-3-5-11(7-10)16(19)20/h3-5,7,9H,2,6,8H2,1H3,(H,14,18). The Kier molecular flexibility index (Phi) is 3.97. The molecule has 1 unspecified atom stereocenters. The molecule has 0 saturated carbocycles. The summed E-state index contributed by atoms with van der Waals surface area (Å²) >= 11 is 0. The number of hydrogen-bond acceptors (Lipinski definition) is 4. The average Bonchev–Trinajstić information content (AvgIpc) is 2.57. The van der Waals surface area contributed by atoms with Gasteiger partial charge < -0.3 is 5.32 Å². The van der Waals surface area contributed by atoms with Gasteiger partial charge in [0.15, 0.2) is 0 Å². The van der Waals surface area contributed by atoms with Crippen LogP contribution in [0.2, 0.25) is 0 Å². The molecule has 0 aliphatic carbocycles. The lowest BCUT2D eigenvalue weighted by Gasteiger charge is -2.18. The van der Waals surface area contributed by atoms with Gasteiger partial charge in [-0.15, -0.1) is 0 Å². The van der Waals surface area contributed by atoms with Gasteiger partial charge in [0.2, 0.25) is 5.91 Å². The smallest absolute Gasteiger partial charge is 0.328 e. The van der Waals surface area contributed by atoms with Crippen molar-refractivity contribution >= 4 is 23.3 Å². The van der Waals surface area contributed by atoms with Gasteiger partial charge in [0.25, 0.3) is 5.69 Å². The maximum absolute atomic E-state index is 12.2. The number of hydrogen-bond donors (Lipinski definition) is 1. The lowest BCUT2D eigenvalue weighted by molar-refractivity contribution is -0.384. The summed E-state index contributed by atoms with van der Waals surface area (Å²) in [5.74, 6) is -0.248. The molecule has 1 aliphatic heterocycles. The number of nitro groups is 1. The molecular formula is C13H15N3O4. The number of rotatable bonds is 3. The molecule has 20 heavy (non-hydrogen) atoms. The summed E-state index contributed by atoms with van der Waals surface area (Å²) in [5.41, 5.74) is 0.0674. The molecule has 1 saturated heterocycles. The molecule has 0 aromatic heterocycles. The molecule has 1 fully saturated rings. The van der Waals surface area contributed by atoms with E-state index in [0.29, 0.717) is 6.54 Å². The number of non-ortho nitro benzene ring substituents is 1. The zero-order valence-corrected chi connectivity index (χ0v) is 11.0. The highest BCUT2D eigenvalue weighted by Gasteiger charge is 2.30. The van der Waals surface area contributed by atoms with Crippen LogP contribution in [0.15, 0.2) is 24.3 Å². The monoisotopic (exact) mass is 277 g/mol. The molecule has 2 rings (SSSR count). The van der Waals surface area contributed by atoms with E-state index in [1.54, 1.807) is 0 Å². The summed E-state index contributed by atoms with van der Waals surface area (Å²) < 4.78 is 0. The molecule has 0 radical (unpaired) electrons. The second-order valence-corrected chi connectivity index (χ2v) is 4.67. The first-order chi connectivity index (χ1) is 9.52. The first-order valence-electron chi connectivity index (χ1n) is 6.38. The quantitative estimate of drug-likeness (QED) is 0.676. The lowest BCUT2D eigenvalue weighted by atomic mass is 10.0. The number of carbonyl (C=O) groups is 2. The number of nitrogens with one attached hydrogen (secondary N) is 1. The maximum Gasteiger partial charge on any atom is 0.328 e. The molecular weight excluding hydrogens is 262 g/mol. The van der Waals surface area contributed by atoms with E-state index in [-0.39, 0.29) is 29.6 Å². The molecule has 1 atom stereocenters. The van der Waals surface area contributed by atoms with Crippen molar-refractivity contribution in [2.45, 2.75) is 19.8 Å². The van der Waals surface area contributed by atoms with Gasteiger partial charge in [-0.05, 0) is 12.0 Å². The normalized spacial score (nSPS) is 19.4. The number of nitrogens with zero attached hydrogens (tertiary/aromatic N) is 2. The minimum Gasteiger partial charge on any atom is -0.337 e. The Balaban J connectivity index is 2.34. The molecule has 1 aromatic rings. The third-order valence-corrected chi connectivity index (χ3v) is 3.33. The highest BCUT2D eigenvalue weighted by atomic mass is 16.6. The van der Waals surface area contributed by atoms with E-state index >= 15 is 0 Å². The zero-order valence-electron chi connectivity index (χ0n) is 11.0. The van der Waals surface area contributed by atoms with E-state index in [0.717, 1.165) is 11.3 Å². The van der Waals surface area contributed by atoms with E-state index in [9.17, 15) is 19.7 Å². The first-order valence-corrected chi connectivity index (χ1v) is 6.38. The number of nitro benzene ring substituents is 1. The van der Waals surface area contributed by atoms with Crippen molar-refractivity contribution in [3.05, 3.63) is 34.4 Å². The first kappa shape index (κ1) is 14.0. The molecule has 1 N–H and O–H groups in total. The van der Waals surface area contributed by atoms with E-state index in [1.165, 1.54) is 24.3 Å². The summed E-state index contributed by atoms with van der Waals surface area (Å²) in [5, 5.41) is 13.4. The number of benzene rings is 1. The largest absolute Gasteiger partial charge is 0.337 e. The summed E-state index contributed by atoms with van der Waals surface area (Å²) in [4.78, 5) is 35.3. The molecule has 1 heterocycles. The van der Waals surface area contributed by atoms with Gasteiger partial charge in [0.05, 0.1) is 10.6 Å². The van der Waals surface area contributed by atoms with Gasteiger partial charge in [0.1, 0.15) is 0 Å². The Morgan fingerprint density at radius 1 is 1.45 bits per heavy atom. The maximum atomic E-state index is 12.2. The van der Waals surface area contributed by atoms with Gasteiger partial charge in [-0.1, -0.05) is 19.4 Å². The van der Waals surface area contributed by atoms with Crippen molar-refractivity contribution < 1.29 is 14.5 Å². The van der Waals surface area contributed by atoms with Crippen molar-refractivity contribution in [3.63, 3.8) is 0 Å². The Morgan fingerprint density at radius 3 is 2.85 bits per heavy atom. The predicted molar refractivity (Wildman–Crippen MR) is 72.4 cm³/mol. The number of amides is 3. The second-order valence-electron chi connectivity index (χ2n) is 4.67. The molecule has 7 nitrogen and oxygen atoms in total. The fourth-order valence-corrected chi connectivity index (χ4v) is 2.13. The summed E-state index contributed by atoms with van der Waals surface area (Å²) in [6.07, 6.45) is 1.03. The van der Waals surface area contributed by atoms with Crippen LogP contribution in [0.5, 0.6) is 0 Å². The number of anilines is 1. The van der Waals surface area contributed by atoms with E-state index in [4.69, 9.17) is 0 Å². The van der Waals surface area contributed by atoms with Crippen LogP contribution >= 0.6 is 0 Å². The Labute approximate surface area is 115 Å². The van der Waals surface area contributed by atoms with Crippen LogP contribution in [0.1, 0.15) is 19.8 Å². The van der Waals surface area contributed by atoms with Crippen LogP contribution in [0.3, 0.4) is 0 Å². The van der Waals surface area contributed by atoms with Gasteiger partial charge in [-0.3, -0.25) is 14.9 Å². The topological polar surface area (TPSA) is 92.6 Å². The summed E-state index contributed by atoms with van der Waals surface area (Å²) in [7, 11) is 0. The molecule has 1 aliphatic rings.